The number of rotatable bonds is 4. The van der Waals surface area contributed by atoms with Crippen LogP contribution in [-0.2, 0) is 0 Å². The minimum absolute atomic E-state index is 0.351. The van der Waals surface area contributed by atoms with Gasteiger partial charge in [0, 0.05) is 24.4 Å². The Hall–Kier alpha value is -1.64. The molecule has 0 N–H and O–H groups in total. The van der Waals surface area contributed by atoms with Gasteiger partial charge >= 0.3 is 0 Å². The van der Waals surface area contributed by atoms with E-state index in [4.69, 9.17) is 4.98 Å². The molecule has 0 unspecified atom stereocenters. The first kappa shape index (κ1) is 12.8. The maximum Gasteiger partial charge on any atom is 0.140 e. The van der Waals surface area contributed by atoms with Crippen LogP contribution in [0.2, 0.25) is 0 Å². The van der Waals surface area contributed by atoms with E-state index in [1.807, 2.05) is 12.1 Å². The van der Waals surface area contributed by atoms with Crippen molar-refractivity contribution in [3.63, 3.8) is 0 Å². The Morgan fingerprint density at radius 1 is 1.06 bits per heavy atom. The highest BCUT2D eigenvalue weighted by Crippen LogP contribution is 2.25. The molecule has 0 aliphatic heterocycles. The normalized spacial score (nSPS) is 11.2. The maximum absolute atomic E-state index is 4.76. The average molecular weight is 243 g/mol. The van der Waals surface area contributed by atoms with Crippen LogP contribution >= 0.6 is 0 Å². The lowest BCUT2D eigenvalue weighted by Crippen LogP contribution is -2.24. The summed E-state index contributed by atoms with van der Waals surface area (Å²) in [6, 6.07) is 8.25. The molecule has 1 aromatic heterocycles. The fourth-order valence-electron chi connectivity index (χ4n) is 2.10. The van der Waals surface area contributed by atoms with Gasteiger partial charge in [-0.15, -0.1) is 0 Å². The van der Waals surface area contributed by atoms with Crippen LogP contribution in [0.25, 0.3) is 10.9 Å². The lowest BCUT2D eigenvalue weighted by Gasteiger charge is -2.22. The molecule has 0 saturated heterocycles. The number of aromatic nitrogens is 2. The SMILES string of the molecule is CCN(CC)c1nc(C(C)C)nc2ccccc12. The highest BCUT2D eigenvalue weighted by Gasteiger charge is 2.13. The summed E-state index contributed by atoms with van der Waals surface area (Å²) in [7, 11) is 0. The second-order valence-corrected chi connectivity index (χ2v) is 4.75. The van der Waals surface area contributed by atoms with Crippen molar-refractivity contribution in [1.29, 1.82) is 0 Å². The Morgan fingerprint density at radius 2 is 1.72 bits per heavy atom. The van der Waals surface area contributed by atoms with Crippen molar-refractivity contribution >= 4 is 16.7 Å². The van der Waals surface area contributed by atoms with Crippen molar-refractivity contribution in [2.45, 2.75) is 33.6 Å². The van der Waals surface area contributed by atoms with Gasteiger partial charge in [0.15, 0.2) is 0 Å². The smallest absolute Gasteiger partial charge is 0.140 e. The number of para-hydroxylation sites is 1. The van der Waals surface area contributed by atoms with Crippen molar-refractivity contribution in [2.24, 2.45) is 0 Å². The Bertz CT molecular complexity index is 530. The molecule has 1 aromatic carbocycles. The highest BCUT2D eigenvalue weighted by molar-refractivity contribution is 5.89. The number of hydrogen-bond acceptors (Lipinski definition) is 3. The molecule has 96 valence electrons. The van der Waals surface area contributed by atoms with Crippen LogP contribution in [0.4, 0.5) is 5.82 Å². The van der Waals surface area contributed by atoms with Gasteiger partial charge in [0.05, 0.1) is 5.52 Å². The van der Waals surface area contributed by atoms with Gasteiger partial charge in [-0.05, 0) is 26.0 Å². The Morgan fingerprint density at radius 3 is 2.33 bits per heavy atom. The lowest BCUT2D eigenvalue weighted by molar-refractivity contribution is 0.765. The van der Waals surface area contributed by atoms with E-state index in [-0.39, 0.29) is 0 Å². The van der Waals surface area contributed by atoms with E-state index in [9.17, 15) is 0 Å². The third-order valence-electron chi connectivity index (χ3n) is 3.18. The van der Waals surface area contributed by atoms with Crippen molar-refractivity contribution in [3.05, 3.63) is 30.1 Å². The van der Waals surface area contributed by atoms with Crippen LogP contribution < -0.4 is 4.90 Å². The summed E-state index contributed by atoms with van der Waals surface area (Å²) in [6.07, 6.45) is 0. The molecule has 3 nitrogen and oxygen atoms in total. The molecule has 0 aliphatic carbocycles. The molecule has 0 radical (unpaired) electrons. The van der Waals surface area contributed by atoms with E-state index in [2.05, 4.69) is 49.7 Å². The standard InChI is InChI=1S/C15H21N3/c1-5-18(6-2)15-12-9-7-8-10-13(12)16-14(17-15)11(3)4/h7-11H,5-6H2,1-4H3. The van der Waals surface area contributed by atoms with Crippen LogP contribution in [0, 0.1) is 0 Å². The molecule has 18 heavy (non-hydrogen) atoms. The molecular formula is C15H21N3. The van der Waals surface area contributed by atoms with E-state index in [0.29, 0.717) is 5.92 Å². The van der Waals surface area contributed by atoms with Gasteiger partial charge in [-0.25, -0.2) is 9.97 Å². The summed E-state index contributed by atoms with van der Waals surface area (Å²) < 4.78 is 0. The average Bonchev–Trinajstić information content (AvgIpc) is 2.39. The summed E-state index contributed by atoms with van der Waals surface area (Å²) in [6.45, 7) is 10.5. The third kappa shape index (κ3) is 2.30. The largest absolute Gasteiger partial charge is 0.357 e. The van der Waals surface area contributed by atoms with Gasteiger partial charge in [0.1, 0.15) is 11.6 Å². The summed E-state index contributed by atoms with van der Waals surface area (Å²) >= 11 is 0. The first-order valence-electron chi connectivity index (χ1n) is 6.69. The zero-order valence-electron chi connectivity index (χ0n) is 11.6. The van der Waals surface area contributed by atoms with Gasteiger partial charge in [0.2, 0.25) is 0 Å². The zero-order chi connectivity index (χ0) is 13.1. The molecule has 2 rings (SSSR count). The van der Waals surface area contributed by atoms with Crippen molar-refractivity contribution in [2.75, 3.05) is 18.0 Å². The van der Waals surface area contributed by atoms with E-state index < -0.39 is 0 Å². The van der Waals surface area contributed by atoms with Crippen LogP contribution in [0.5, 0.6) is 0 Å². The molecular weight excluding hydrogens is 222 g/mol. The lowest BCUT2D eigenvalue weighted by atomic mass is 10.1. The van der Waals surface area contributed by atoms with E-state index in [1.165, 1.54) is 0 Å². The zero-order valence-corrected chi connectivity index (χ0v) is 11.6. The molecule has 1 heterocycles. The second-order valence-electron chi connectivity index (χ2n) is 4.75. The van der Waals surface area contributed by atoms with E-state index >= 15 is 0 Å². The number of anilines is 1. The van der Waals surface area contributed by atoms with Gasteiger partial charge in [0.25, 0.3) is 0 Å². The molecule has 0 bridgehead atoms. The van der Waals surface area contributed by atoms with Crippen molar-refractivity contribution in [3.8, 4) is 0 Å². The van der Waals surface area contributed by atoms with E-state index in [1.54, 1.807) is 0 Å². The first-order chi connectivity index (χ1) is 8.67. The van der Waals surface area contributed by atoms with Crippen molar-refractivity contribution < 1.29 is 0 Å². The van der Waals surface area contributed by atoms with Gasteiger partial charge < -0.3 is 4.90 Å². The van der Waals surface area contributed by atoms with Gasteiger partial charge in [-0.1, -0.05) is 26.0 Å². The molecule has 0 aliphatic rings. The predicted octanol–water partition coefficient (Wildman–Crippen LogP) is 3.60. The van der Waals surface area contributed by atoms with Crippen LogP contribution in [0.15, 0.2) is 24.3 Å². The number of hydrogen-bond donors (Lipinski definition) is 0. The van der Waals surface area contributed by atoms with Crippen LogP contribution in [-0.4, -0.2) is 23.1 Å². The van der Waals surface area contributed by atoms with Gasteiger partial charge in [-0.3, -0.25) is 0 Å². The number of nitrogens with zero attached hydrogens (tertiary/aromatic N) is 3. The van der Waals surface area contributed by atoms with Crippen molar-refractivity contribution in [1.82, 2.24) is 9.97 Å². The van der Waals surface area contributed by atoms with Crippen LogP contribution in [0.1, 0.15) is 39.4 Å². The summed E-state index contributed by atoms with van der Waals surface area (Å²) in [4.78, 5) is 11.7. The van der Waals surface area contributed by atoms with Crippen LogP contribution in [0.3, 0.4) is 0 Å². The second kappa shape index (κ2) is 5.34. The fourth-order valence-corrected chi connectivity index (χ4v) is 2.10. The van der Waals surface area contributed by atoms with Gasteiger partial charge in [-0.2, -0.15) is 0 Å². The Labute approximate surface area is 109 Å². The summed E-state index contributed by atoms with van der Waals surface area (Å²) in [5, 5.41) is 1.14. The Kier molecular flexibility index (Phi) is 3.80. The first-order valence-corrected chi connectivity index (χ1v) is 6.69. The molecule has 0 fully saturated rings. The molecule has 0 saturated carbocycles. The summed E-state index contributed by atoms with van der Waals surface area (Å²) in [5.41, 5.74) is 1.04. The molecule has 0 atom stereocenters. The maximum atomic E-state index is 4.76. The predicted molar refractivity (Wildman–Crippen MR) is 77.2 cm³/mol. The number of fused-ring (bicyclic) bond motifs is 1. The van der Waals surface area contributed by atoms with E-state index in [0.717, 1.165) is 35.6 Å². The third-order valence-corrected chi connectivity index (χ3v) is 3.18. The number of benzene rings is 1. The minimum Gasteiger partial charge on any atom is -0.357 e. The Balaban J connectivity index is 2.67. The molecule has 2 aromatic rings. The topological polar surface area (TPSA) is 29.0 Å². The minimum atomic E-state index is 0.351. The molecule has 3 heteroatoms. The monoisotopic (exact) mass is 243 g/mol. The quantitative estimate of drug-likeness (QED) is 0.821. The molecule has 0 spiro atoms. The highest BCUT2D eigenvalue weighted by atomic mass is 15.2. The fraction of sp³-hybridized carbons (Fsp3) is 0.467. The summed E-state index contributed by atoms with van der Waals surface area (Å²) in [5.74, 6) is 2.34. The molecule has 0 amide bonds.